The van der Waals surface area contributed by atoms with Crippen LogP contribution in [0, 0.1) is 17.3 Å². The van der Waals surface area contributed by atoms with Gasteiger partial charge in [0.2, 0.25) is 5.91 Å². The number of amides is 2. The number of carbonyl (C=O) groups excluding carboxylic acids is 2. The van der Waals surface area contributed by atoms with E-state index in [1.54, 1.807) is 30.2 Å². The van der Waals surface area contributed by atoms with Gasteiger partial charge < -0.3 is 19.7 Å². The second-order valence-electron chi connectivity index (χ2n) is 8.73. The molecule has 7 heteroatoms. The SMILES string of the molecule is COc1ccc(Cl)cc1C(=O)N1CCC(C(=O)N[C@@H]2[C@H](C)[C@H](OC)C2(C)C)CC1. The first-order chi connectivity index (χ1) is 13.7. The Morgan fingerprint density at radius 3 is 2.41 bits per heavy atom. The molecule has 6 nitrogen and oxygen atoms in total. The number of ether oxygens (including phenoxy) is 2. The molecule has 29 heavy (non-hydrogen) atoms. The standard InChI is InChI=1S/C22H31ClN2O4/c1-13-18(22(2,3)19(13)29-5)24-20(26)14-8-10-25(11-9-14)21(27)16-12-15(23)6-7-17(16)28-4/h6-7,12-14,18-19H,8-11H2,1-5H3,(H,24,26)/t13-,18+,19-/m0/s1. The van der Waals surface area contributed by atoms with Gasteiger partial charge in [-0.2, -0.15) is 0 Å². The minimum Gasteiger partial charge on any atom is -0.496 e. The lowest BCUT2D eigenvalue weighted by Gasteiger charge is -2.56. The zero-order valence-electron chi connectivity index (χ0n) is 17.8. The number of carbonyl (C=O) groups is 2. The first kappa shape index (κ1) is 21.9. The van der Waals surface area contributed by atoms with E-state index in [2.05, 4.69) is 26.1 Å². The molecule has 1 heterocycles. The number of halogens is 1. The van der Waals surface area contributed by atoms with Crippen LogP contribution < -0.4 is 10.1 Å². The molecule has 2 aliphatic rings. The summed E-state index contributed by atoms with van der Waals surface area (Å²) in [5.41, 5.74) is 0.377. The predicted octanol–water partition coefficient (Wildman–Crippen LogP) is 3.38. The summed E-state index contributed by atoms with van der Waals surface area (Å²) in [5.74, 6) is 0.686. The van der Waals surface area contributed by atoms with E-state index in [9.17, 15) is 9.59 Å². The van der Waals surface area contributed by atoms with Crippen molar-refractivity contribution in [3.05, 3.63) is 28.8 Å². The maximum absolute atomic E-state index is 12.9. The smallest absolute Gasteiger partial charge is 0.257 e. The number of methoxy groups -OCH3 is 2. The van der Waals surface area contributed by atoms with Crippen LogP contribution in [0.4, 0.5) is 0 Å². The van der Waals surface area contributed by atoms with Crippen molar-refractivity contribution in [1.82, 2.24) is 10.2 Å². The lowest BCUT2D eigenvalue weighted by Crippen LogP contribution is -2.68. The number of benzene rings is 1. The van der Waals surface area contributed by atoms with Crippen molar-refractivity contribution in [1.29, 1.82) is 0 Å². The summed E-state index contributed by atoms with van der Waals surface area (Å²) >= 11 is 6.06. The van der Waals surface area contributed by atoms with Gasteiger partial charge in [-0.3, -0.25) is 9.59 Å². The zero-order valence-corrected chi connectivity index (χ0v) is 18.6. The average Bonchev–Trinajstić information content (AvgIpc) is 2.71. The van der Waals surface area contributed by atoms with E-state index in [1.807, 2.05) is 0 Å². The summed E-state index contributed by atoms with van der Waals surface area (Å²) in [6.07, 6.45) is 1.45. The molecule has 0 spiro atoms. The summed E-state index contributed by atoms with van der Waals surface area (Å²) in [6.45, 7) is 7.45. The lowest BCUT2D eigenvalue weighted by atomic mass is 9.57. The molecule has 1 N–H and O–H groups in total. The van der Waals surface area contributed by atoms with Crippen molar-refractivity contribution in [2.24, 2.45) is 17.3 Å². The molecular formula is C22H31ClN2O4. The van der Waals surface area contributed by atoms with Gasteiger partial charge in [0.25, 0.3) is 5.91 Å². The summed E-state index contributed by atoms with van der Waals surface area (Å²) in [7, 11) is 3.26. The molecule has 3 rings (SSSR count). The molecule has 1 aliphatic carbocycles. The Morgan fingerprint density at radius 1 is 1.21 bits per heavy atom. The monoisotopic (exact) mass is 422 g/mol. The maximum Gasteiger partial charge on any atom is 0.257 e. The highest BCUT2D eigenvalue weighted by Gasteiger charge is 2.55. The zero-order chi connectivity index (χ0) is 21.3. The molecule has 0 aromatic heterocycles. The highest BCUT2D eigenvalue weighted by Crippen LogP contribution is 2.47. The molecule has 1 aromatic rings. The first-order valence-electron chi connectivity index (χ1n) is 10.2. The van der Waals surface area contributed by atoms with E-state index >= 15 is 0 Å². The van der Waals surface area contributed by atoms with Crippen molar-refractivity contribution in [2.75, 3.05) is 27.3 Å². The van der Waals surface area contributed by atoms with Gasteiger partial charge in [0.15, 0.2) is 0 Å². The van der Waals surface area contributed by atoms with Crippen LogP contribution in [-0.4, -0.2) is 56.2 Å². The van der Waals surface area contributed by atoms with Crippen molar-refractivity contribution in [3.8, 4) is 5.75 Å². The molecule has 0 bridgehead atoms. The average molecular weight is 423 g/mol. The molecule has 2 fully saturated rings. The first-order valence-corrected chi connectivity index (χ1v) is 10.5. The molecule has 1 aliphatic heterocycles. The molecule has 160 valence electrons. The van der Waals surface area contributed by atoms with Gasteiger partial charge >= 0.3 is 0 Å². The van der Waals surface area contributed by atoms with Crippen LogP contribution in [0.5, 0.6) is 5.75 Å². The number of nitrogens with one attached hydrogen (secondary N) is 1. The molecule has 1 saturated heterocycles. The van der Waals surface area contributed by atoms with Crippen molar-refractivity contribution in [2.45, 2.75) is 45.8 Å². The fourth-order valence-electron chi connectivity index (χ4n) is 5.06. The second kappa shape index (κ2) is 8.52. The van der Waals surface area contributed by atoms with Gasteiger partial charge in [-0.05, 0) is 31.0 Å². The van der Waals surface area contributed by atoms with Gasteiger partial charge in [-0.15, -0.1) is 0 Å². The van der Waals surface area contributed by atoms with Gasteiger partial charge in [0.1, 0.15) is 5.75 Å². The Labute approximate surface area is 177 Å². The fraction of sp³-hybridized carbons (Fsp3) is 0.636. The Hall–Kier alpha value is -1.79. The molecule has 2 amide bonds. The van der Waals surface area contributed by atoms with E-state index < -0.39 is 0 Å². The number of nitrogens with zero attached hydrogens (tertiary/aromatic N) is 1. The number of piperidine rings is 1. The van der Waals surface area contributed by atoms with E-state index in [0.29, 0.717) is 42.3 Å². The normalized spacial score (nSPS) is 26.6. The van der Waals surface area contributed by atoms with Crippen LogP contribution in [0.2, 0.25) is 5.02 Å². The van der Waals surface area contributed by atoms with Crippen LogP contribution in [0.3, 0.4) is 0 Å². The molecular weight excluding hydrogens is 392 g/mol. The van der Waals surface area contributed by atoms with E-state index in [0.717, 1.165) is 0 Å². The Bertz CT molecular complexity index is 774. The second-order valence-corrected chi connectivity index (χ2v) is 9.17. The van der Waals surface area contributed by atoms with Crippen LogP contribution in [-0.2, 0) is 9.53 Å². The predicted molar refractivity (Wildman–Crippen MR) is 112 cm³/mol. The third-order valence-electron chi connectivity index (χ3n) is 6.63. The van der Waals surface area contributed by atoms with E-state index in [4.69, 9.17) is 21.1 Å². The van der Waals surface area contributed by atoms with Crippen LogP contribution in [0.25, 0.3) is 0 Å². The molecule has 3 atom stereocenters. The highest BCUT2D eigenvalue weighted by molar-refractivity contribution is 6.31. The molecule has 0 unspecified atom stereocenters. The Balaban J connectivity index is 1.57. The van der Waals surface area contributed by atoms with E-state index in [-0.39, 0.29) is 41.2 Å². The van der Waals surface area contributed by atoms with Gasteiger partial charge in [0.05, 0.1) is 18.8 Å². The lowest BCUT2D eigenvalue weighted by molar-refractivity contribution is -0.156. The number of hydrogen-bond donors (Lipinski definition) is 1. The molecule has 1 aromatic carbocycles. The summed E-state index contributed by atoms with van der Waals surface area (Å²) in [5, 5.41) is 3.73. The number of likely N-dealkylation sites (tertiary alicyclic amines) is 1. The minimum absolute atomic E-state index is 0.0788. The largest absolute Gasteiger partial charge is 0.496 e. The van der Waals surface area contributed by atoms with Crippen LogP contribution >= 0.6 is 11.6 Å². The Morgan fingerprint density at radius 2 is 1.86 bits per heavy atom. The van der Waals surface area contributed by atoms with Crippen LogP contribution in [0.15, 0.2) is 18.2 Å². The third-order valence-corrected chi connectivity index (χ3v) is 6.87. The maximum atomic E-state index is 12.9. The van der Waals surface area contributed by atoms with Crippen molar-refractivity contribution < 1.29 is 19.1 Å². The quantitative estimate of drug-likeness (QED) is 0.789. The topological polar surface area (TPSA) is 67.9 Å². The fourth-order valence-corrected chi connectivity index (χ4v) is 5.23. The molecule has 0 radical (unpaired) electrons. The Kier molecular flexibility index (Phi) is 6.44. The summed E-state index contributed by atoms with van der Waals surface area (Å²) in [4.78, 5) is 27.5. The third kappa shape index (κ3) is 4.10. The number of rotatable bonds is 5. The van der Waals surface area contributed by atoms with Gasteiger partial charge in [0, 0.05) is 48.5 Å². The van der Waals surface area contributed by atoms with Crippen molar-refractivity contribution >= 4 is 23.4 Å². The summed E-state index contributed by atoms with van der Waals surface area (Å²) < 4.78 is 10.9. The highest BCUT2D eigenvalue weighted by atomic mass is 35.5. The minimum atomic E-state index is -0.111. The number of hydrogen-bond acceptors (Lipinski definition) is 4. The van der Waals surface area contributed by atoms with Gasteiger partial charge in [-0.1, -0.05) is 32.4 Å². The van der Waals surface area contributed by atoms with Gasteiger partial charge in [-0.25, -0.2) is 0 Å². The molecule has 1 saturated carbocycles. The van der Waals surface area contributed by atoms with E-state index in [1.165, 1.54) is 7.11 Å². The van der Waals surface area contributed by atoms with Crippen molar-refractivity contribution in [3.63, 3.8) is 0 Å². The van der Waals surface area contributed by atoms with Crippen LogP contribution in [0.1, 0.15) is 44.0 Å². The summed E-state index contributed by atoms with van der Waals surface area (Å²) in [6, 6.07) is 5.14.